The Morgan fingerprint density at radius 2 is 1.54 bits per heavy atom. The van der Waals surface area contributed by atoms with Gasteiger partial charge in [-0.15, -0.1) is 0 Å². The summed E-state index contributed by atoms with van der Waals surface area (Å²) in [5.74, 6) is -9.13. The smallest absolute Gasteiger partial charge is 0.407 e. The van der Waals surface area contributed by atoms with E-state index in [1.165, 1.54) is 0 Å². The van der Waals surface area contributed by atoms with Gasteiger partial charge in [-0.3, -0.25) is 9.69 Å². The van der Waals surface area contributed by atoms with Gasteiger partial charge in [0.15, 0.2) is 0 Å². The third-order valence-corrected chi connectivity index (χ3v) is 7.70. The van der Waals surface area contributed by atoms with E-state index in [-0.39, 0.29) is 19.1 Å². The zero-order valence-electron chi connectivity index (χ0n) is 22.4. The molecule has 2 aliphatic rings. The van der Waals surface area contributed by atoms with Crippen LogP contribution in [0, 0.1) is 11.8 Å². The van der Waals surface area contributed by atoms with Gasteiger partial charge in [0.2, 0.25) is 5.91 Å². The SMILES string of the molecule is CN(Cc1ccccc1)CC(NC(=O)[C@@H]1[C@H](CNC(=O)OCC2c3ccccc3-c3ccccc32)C1(F)F)C(=O)O. The fourth-order valence-electron chi connectivity index (χ4n) is 5.56. The maximum atomic E-state index is 14.5. The van der Waals surface area contributed by atoms with E-state index >= 15 is 0 Å². The lowest BCUT2D eigenvalue weighted by molar-refractivity contribution is -0.143. The van der Waals surface area contributed by atoms with Gasteiger partial charge in [-0.05, 0) is 34.9 Å². The summed E-state index contributed by atoms with van der Waals surface area (Å²) in [5, 5.41) is 14.2. The number of carboxylic acid groups (broad SMARTS) is 1. The molecule has 10 heteroatoms. The monoisotopic (exact) mass is 563 g/mol. The van der Waals surface area contributed by atoms with Crippen LogP contribution in [0.1, 0.15) is 22.6 Å². The third kappa shape index (κ3) is 6.07. The molecule has 3 aromatic rings. The maximum Gasteiger partial charge on any atom is 0.407 e. The van der Waals surface area contributed by atoms with Crippen molar-refractivity contribution in [3.63, 3.8) is 0 Å². The Balaban J connectivity index is 1.12. The predicted octanol–water partition coefficient (Wildman–Crippen LogP) is 4.11. The van der Waals surface area contributed by atoms with Crippen LogP contribution < -0.4 is 10.6 Å². The summed E-state index contributed by atoms with van der Waals surface area (Å²) in [5.41, 5.74) is 5.12. The van der Waals surface area contributed by atoms with Gasteiger partial charge >= 0.3 is 12.1 Å². The Morgan fingerprint density at radius 3 is 2.15 bits per heavy atom. The number of fused-ring (bicyclic) bond motifs is 3. The molecule has 0 spiro atoms. The number of hydrogen-bond donors (Lipinski definition) is 3. The number of ether oxygens (including phenoxy) is 1. The first kappa shape index (κ1) is 28.2. The molecule has 0 saturated heterocycles. The Kier molecular flexibility index (Phi) is 8.03. The number of rotatable bonds is 11. The molecule has 214 valence electrons. The van der Waals surface area contributed by atoms with E-state index in [4.69, 9.17) is 4.74 Å². The Bertz CT molecular complexity index is 1390. The first-order valence-electron chi connectivity index (χ1n) is 13.4. The van der Waals surface area contributed by atoms with Crippen LogP contribution in [0.2, 0.25) is 0 Å². The van der Waals surface area contributed by atoms with E-state index in [1.54, 1.807) is 11.9 Å². The lowest BCUT2D eigenvalue weighted by Crippen LogP contribution is -2.48. The van der Waals surface area contributed by atoms with Crippen molar-refractivity contribution in [1.29, 1.82) is 0 Å². The number of carbonyl (C=O) groups is 3. The van der Waals surface area contributed by atoms with Crippen molar-refractivity contribution in [2.75, 3.05) is 26.7 Å². The molecule has 5 rings (SSSR count). The van der Waals surface area contributed by atoms with Gasteiger partial charge in [0.25, 0.3) is 5.92 Å². The fourth-order valence-corrected chi connectivity index (χ4v) is 5.56. The Morgan fingerprint density at radius 1 is 0.951 bits per heavy atom. The van der Waals surface area contributed by atoms with Crippen LogP contribution in [0.5, 0.6) is 0 Å². The molecule has 0 bridgehead atoms. The number of nitrogens with zero attached hydrogens (tertiary/aromatic N) is 1. The minimum absolute atomic E-state index is 0.0294. The minimum atomic E-state index is -3.38. The Hall–Kier alpha value is -4.31. The quantitative estimate of drug-likeness (QED) is 0.324. The summed E-state index contributed by atoms with van der Waals surface area (Å²) >= 11 is 0. The number of nitrogens with one attached hydrogen (secondary N) is 2. The number of carbonyl (C=O) groups excluding carboxylic acids is 2. The second-order valence-electron chi connectivity index (χ2n) is 10.5. The van der Waals surface area contributed by atoms with Gasteiger partial charge in [-0.2, -0.15) is 0 Å². The Labute approximate surface area is 236 Å². The molecule has 1 unspecified atom stereocenters. The first-order chi connectivity index (χ1) is 19.7. The van der Waals surface area contributed by atoms with Crippen molar-refractivity contribution in [3.05, 3.63) is 95.6 Å². The topological polar surface area (TPSA) is 108 Å². The molecule has 41 heavy (non-hydrogen) atoms. The zero-order valence-corrected chi connectivity index (χ0v) is 22.4. The molecule has 3 N–H and O–H groups in total. The number of halogens is 2. The van der Waals surface area contributed by atoms with Crippen molar-refractivity contribution in [1.82, 2.24) is 15.5 Å². The lowest BCUT2D eigenvalue weighted by Gasteiger charge is -2.22. The van der Waals surface area contributed by atoms with Gasteiger partial charge in [0.05, 0.1) is 5.92 Å². The van der Waals surface area contributed by atoms with Crippen molar-refractivity contribution in [2.45, 2.75) is 24.4 Å². The second kappa shape index (κ2) is 11.7. The number of benzene rings is 3. The van der Waals surface area contributed by atoms with E-state index in [1.807, 2.05) is 78.9 Å². The number of aliphatic carboxylic acids is 1. The van der Waals surface area contributed by atoms with Gasteiger partial charge in [-0.1, -0.05) is 78.9 Å². The molecule has 0 radical (unpaired) electrons. The highest BCUT2D eigenvalue weighted by Gasteiger charge is 2.71. The summed E-state index contributed by atoms with van der Waals surface area (Å²) in [6.45, 7) is -0.0985. The summed E-state index contributed by atoms with van der Waals surface area (Å²) in [6, 6.07) is 23.6. The molecule has 2 aliphatic carbocycles. The highest BCUT2D eigenvalue weighted by molar-refractivity contribution is 5.88. The van der Waals surface area contributed by atoms with Crippen LogP contribution >= 0.6 is 0 Å². The molecule has 0 aromatic heterocycles. The molecular formula is C31H31F2N3O5. The molecule has 1 saturated carbocycles. The summed E-state index contributed by atoms with van der Waals surface area (Å²) in [6.07, 6.45) is -0.861. The van der Waals surface area contributed by atoms with E-state index < -0.39 is 48.3 Å². The van der Waals surface area contributed by atoms with E-state index in [9.17, 15) is 28.3 Å². The first-order valence-corrected chi connectivity index (χ1v) is 13.4. The number of alkyl halides is 2. The molecule has 3 atom stereocenters. The number of hydrogen-bond acceptors (Lipinski definition) is 5. The van der Waals surface area contributed by atoms with E-state index in [2.05, 4.69) is 10.6 Å². The van der Waals surface area contributed by atoms with Crippen molar-refractivity contribution < 1.29 is 33.0 Å². The standard InChI is InChI=1S/C31H31F2N3O5/c1-36(16-19-9-3-2-4-10-19)17-26(29(38)39)35-28(37)27-25(31(27,32)33)15-34-30(40)41-18-24-22-13-7-5-11-20(22)21-12-6-8-14-23(21)24/h2-14,24-27H,15-18H2,1H3,(H,34,40)(H,35,37)(H,38,39)/t25-,26?,27-/m0/s1. The minimum Gasteiger partial charge on any atom is -0.480 e. The van der Waals surface area contributed by atoms with Crippen molar-refractivity contribution >= 4 is 18.0 Å². The molecule has 3 aromatic carbocycles. The van der Waals surface area contributed by atoms with Crippen molar-refractivity contribution in [2.24, 2.45) is 11.8 Å². The molecule has 8 nitrogen and oxygen atoms in total. The predicted molar refractivity (Wildman–Crippen MR) is 147 cm³/mol. The summed E-state index contributed by atoms with van der Waals surface area (Å²) in [7, 11) is 1.68. The molecule has 0 heterocycles. The average Bonchev–Trinajstić information content (AvgIpc) is 3.36. The van der Waals surface area contributed by atoms with Crippen molar-refractivity contribution in [3.8, 4) is 11.1 Å². The van der Waals surface area contributed by atoms with Crippen LogP contribution in [0.3, 0.4) is 0 Å². The molecule has 2 amide bonds. The highest BCUT2D eigenvalue weighted by Crippen LogP contribution is 2.55. The van der Waals surface area contributed by atoms with E-state index in [0.29, 0.717) is 6.54 Å². The average molecular weight is 564 g/mol. The summed E-state index contributed by atoms with van der Waals surface area (Å²) < 4.78 is 34.4. The number of amides is 2. The molecular weight excluding hydrogens is 532 g/mol. The second-order valence-corrected chi connectivity index (χ2v) is 10.5. The number of likely N-dealkylation sites (N-methyl/N-ethyl adjacent to an activating group) is 1. The van der Waals surface area contributed by atoms with Gasteiger partial charge in [0, 0.05) is 25.6 Å². The lowest BCUT2D eigenvalue weighted by atomic mass is 9.98. The van der Waals surface area contributed by atoms with Crippen LogP contribution in [-0.4, -0.2) is 66.7 Å². The van der Waals surface area contributed by atoms with Crippen LogP contribution in [0.4, 0.5) is 13.6 Å². The van der Waals surface area contributed by atoms with Crippen LogP contribution in [0.25, 0.3) is 11.1 Å². The van der Waals surface area contributed by atoms with Gasteiger partial charge in [-0.25, -0.2) is 18.4 Å². The van der Waals surface area contributed by atoms with E-state index in [0.717, 1.165) is 27.8 Å². The maximum absolute atomic E-state index is 14.5. The van der Waals surface area contributed by atoms with Gasteiger partial charge < -0.3 is 20.5 Å². The normalized spacial score (nSPS) is 19.1. The van der Waals surface area contributed by atoms with Gasteiger partial charge in [0.1, 0.15) is 18.6 Å². The number of carboxylic acids is 1. The van der Waals surface area contributed by atoms with Crippen LogP contribution in [0.15, 0.2) is 78.9 Å². The van der Waals surface area contributed by atoms with Crippen LogP contribution in [-0.2, 0) is 20.9 Å². The molecule has 1 fully saturated rings. The zero-order chi connectivity index (χ0) is 29.1. The third-order valence-electron chi connectivity index (χ3n) is 7.70. The largest absolute Gasteiger partial charge is 0.480 e. The fraction of sp³-hybridized carbons (Fsp3) is 0.323. The highest BCUT2D eigenvalue weighted by atomic mass is 19.3. The molecule has 0 aliphatic heterocycles. The summed E-state index contributed by atoms with van der Waals surface area (Å²) in [4.78, 5) is 38.5. The number of alkyl carbamates (subject to hydrolysis) is 1.